The number of carbonyl (C=O) groups is 2. The molecular weight excluding hydrogens is 266 g/mol. The second kappa shape index (κ2) is 5.93. The van der Waals surface area contributed by atoms with E-state index in [-0.39, 0.29) is 34.3 Å². The van der Waals surface area contributed by atoms with Crippen LogP contribution in [-0.4, -0.2) is 23.9 Å². The van der Waals surface area contributed by atoms with Crippen molar-refractivity contribution in [1.29, 1.82) is 0 Å². The zero-order valence-electron chi connectivity index (χ0n) is 11.2. The standard InChI is InChI=1S/C13H18ClN3O2/c1-13(2,3)17-10(18)7-16-12(19)11-8(14)5-4-6-9(11)15/h4-6H,7,15H2,1-3H3,(H,16,19)(H,17,18). The molecule has 1 rings (SSSR count). The Hall–Kier alpha value is -1.75. The Kier molecular flexibility index (Phi) is 4.78. The average Bonchev–Trinajstić information content (AvgIpc) is 2.23. The molecule has 1 aromatic rings. The fraction of sp³-hybridized carbons (Fsp3) is 0.385. The minimum absolute atomic E-state index is 0.124. The van der Waals surface area contributed by atoms with Crippen molar-refractivity contribution in [2.75, 3.05) is 12.3 Å². The largest absolute Gasteiger partial charge is 0.398 e. The van der Waals surface area contributed by atoms with Crippen molar-refractivity contribution in [1.82, 2.24) is 10.6 Å². The highest BCUT2D eigenvalue weighted by Crippen LogP contribution is 2.21. The average molecular weight is 284 g/mol. The lowest BCUT2D eigenvalue weighted by molar-refractivity contribution is -0.121. The monoisotopic (exact) mass is 283 g/mol. The van der Waals surface area contributed by atoms with Crippen LogP contribution in [0.25, 0.3) is 0 Å². The Bertz CT molecular complexity index is 475. The molecule has 0 aromatic heterocycles. The first-order valence-electron chi connectivity index (χ1n) is 5.84. The predicted molar refractivity (Wildman–Crippen MR) is 76.1 cm³/mol. The molecule has 19 heavy (non-hydrogen) atoms. The van der Waals surface area contributed by atoms with Gasteiger partial charge in [0.15, 0.2) is 0 Å². The molecule has 0 saturated heterocycles. The number of nitrogens with two attached hydrogens (primary N) is 1. The molecule has 0 radical (unpaired) electrons. The maximum atomic E-state index is 11.9. The minimum atomic E-state index is -0.466. The minimum Gasteiger partial charge on any atom is -0.398 e. The summed E-state index contributed by atoms with van der Waals surface area (Å²) in [6.07, 6.45) is 0. The molecule has 2 amide bonds. The van der Waals surface area contributed by atoms with Gasteiger partial charge in [-0.05, 0) is 32.9 Å². The van der Waals surface area contributed by atoms with Gasteiger partial charge in [-0.25, -0.2) is 0 Å². The van der Waals surface area contributed by atoms with E-state index in [0.717, 1.165) is 0 Å². The Morgan fingerprint density at radius 1 is 1.32 bits per heavy atom. The summed E-state index contributed by atoms with van der Waals surface area (Å²) in [7, 11) is 0. The number of nitrogen functional groups attached to an aromatic ring is 1. The summed E-state index contributed by atoms with van der Waals surface area (Å²) in [6.45, 7) is 5.46. The summed E-state index contributed by atoms with van der Waals surface area (Å²) in [6, 6.07) is 4.80. The molecule has 0 atom stereocenters. The molecule has 0 aliphatic carbocycles. The Labute approximate surface area is 117 Å². The van der Waals surface area contributed by atoms with Crippen LogP contribution in [0, 0.1) is 0 Å². The van der Waals surface area contributed by atoms with E-state index >= 15 is 0 Å². The molecule has 6 heteroatoms. The Morgan fingerprint density at radius 2 is 1.95 bits per heavy atom. The normalized spacial score (nSPS) is 10.9. The summed E-state index contributed by atoms with van der Waals surface area (Å²) < 4.78 is 0. The molecule has 0 aliphatic rings. The number of rotatable bonds is 3. The Morgan fingerprint density at radius 3 is 2.47 bits per heavy atom. The Balaban J connectivity index is 2.64. The van der Waals surface area contributed by atoms with Gasteiger partial charge in [0.05, 0.1) is 17.1 Å². The lowest BCUT2D eigenvalue weighted by Gasteiger charge is -2.20. The highest BCUT2D eigenvalue weighted by Gasteiger charge is 2.17. The van der Waals surface area contributed by atoms with Crippen molar-refractivity contribution >= 4 is 29.1 Å². The lowest BCUT2D eigenvalue weighted by Crippen LogP contribution is -2.45. The number of hydrogen-bond acceptors (Lipinski definition) is 3. The van der Waals surface area contributed by atoms with Crippen LogP contribution in [0.1, 0.15) is 31.1 Å². The van der Waals surface area contributed by atoms with E-state index in [1.165, 1.54) is 0 Å². The van der Waals surface area contributed by atoms with Gasteiger partial charge >= 0.3 is 0 Å². The van der Waals surface area contributed by atoms with Crippen LogP contribution < -0.4 is 16.4 Å². The van der Waals surface area contributed by atoms with Crippen LogP contribution >= 0.6 is 11.6 Å². The molecule has 1 aromatic carbocycles. The molecule has 0 fully saturated rings. The summed E-state index contributed by atoms with van der Waals surface area (Å²) in [5, 5.41) is 5.48. The van der Waals surface area contributed by atoms with E-state index in [1.807, 2.05) is 20.8 Å². The smallest absolute Gasteiger partial charge is 0.255 e. The molecule has 0 unspecified atom stereocenters. The molecule has 104 valence electrons. The van der Waals surface area contributed by atoms with Crippen molar-refractivity contribution in [3.63, 3.8) is 0 Å². The van der Waals surface area contributed by atoms with Crippen molar-refractivity contribution in [2.24, 2.45) is 0 Å². The zero-order chi connectivity index (χ0) is 14.6. The first-order chi connectivity index (χ1) is 8.70. The number of hydrogen-bond donors (Lipinski definition) is 3. The number of nitrogens with one attached hydrogen (secondary N) is 2. The van der Waals surface area contributed by atoms with Gasteiger partial charge < -0.3 is 16.4 Å². The van der Waals surface area contributed by atoms with Gasteiger partial charge in [0.2, 0.25) is 5.91 Å². The van der Waals surface area contributed by atoms with Gasteiger partial charge in [-0.3, -0.25) is 9.59 Å². The second-order valence-corrected chi connectivity index (χ2v) is 5.59. The first kappa shape index (κ1) is 15.3. The van der Waals surface area contributed by atoms with Crippen LogP contribution in [0.15, 0.2) is 18.2 Å². The third kappa shape index (κ3) is 4.79. The highest BCUT2D eigenvalue weighted by molar-refractivity contribution is 6.34. The van der Waals surface area contributed by atoms with Gasteiger partial charge in [-0.2, -0.15) is 0 Å². The molecular formula is C13H18ClN3O2. The summed E-state index contributed by atoms with van der Waals surface area (Å²) >= 11 is 5.90. The molecule has 0 bridgehead atoms. The number of carbonyl (C=O) groups excluding carboxylic acids is 2. The molecule has 0 heterocycles. The number of halogens is 1. The van der Waals surface area contributed by atoms with Crippen molar-refractivity contribution in [3.05, 3.63) is 28.8 Å². The van der Waals surface area contributed by atoms with Crippen LogP contribution in [0.5, 0.6) is 0 Å². The van der Waals surface area contributed by atoms with Crippen molar-refractivity contribution < 1.29 is 9.59 Å². The first-order valence-corrected chi connectivity index (χ1v) is 6.21. The third-order valence-corrected chi connectivity index (χ3v) is 2.51. The van der Waals surface area contributed by atoms with Crippen LogP contribution in [0.4, 0.5) is 5.69 Å². The summed E-state index contributed by atoms with van der Waals surface area (Å²) in [5.41, 5.74) is 5.81. The molecule has 5 nitrogen and oxygen atoms in total. The maximum absolute atomic E-state index is 11.9. The van der Waals surface area contributed by atoms with Gasteiger partial charge in [0.1, 0.15) is 0 Å². The van der Waals surface area contributed by atoms with E-state index in [0.29, 0.717) is 0 Å². The van der Waals surface area contributed by atoms with Crippen LogP contribution in [0.2, 0.25) is 5.02 Å². The molecule has 4 N–H and O–H groups in total. The highest BCUT2D eigenvalue weighted by atomic mass is 35.5. The van der Waals surface area contributed by atoms with Crippen LogP contribution in [0.3, 0.4) is 0 Å². The van der Waals surface area contributed by atoms with Crippen LogP contribution in [-0.2, 0) is 4.79 Å². The molecule has 0 aliphatic heterocycles. The maximum Gasteiger partial charge on any atom is 0.255 e. The quantitative estimate of drug-likeness (QED) is 0.736. The summed E-state index contributed by atoms with van der Waals surface area (Å²) in [4.78, 5) is 23.5. The van der Waals surface area contributed by atoms with E-state index in [1.54, 1.807) is 18.2 Å². The van der Waals surface area contributed by atoms with Gasteiger partial charge in [-0.15, -0.1) is 0 Å². The van der Waals surface area contributed by atoms with E-state index in [4.69, 9.17) is 17.3 Å². The van der Waals surface area contributed by atoms with Gasteiger partial charge in [0, 0.05) is 11.2 Å². The van der Waals surface area contributed by atoms with Gasteiger partial charge in [0.25, 0.3) is 5.91 Å². The second-order valence-electron chi connectivity index (χ2n) is 5.18. The third-order valence-electron chi connectivity index (χ3n) is 2.20. The van der Waals surface area contributed by atoms with E-state index < -0.39 is 5.91 Å². The lowest BCUT2D eigenvalue weighted by atomic mass is 10.1. The summed E-state index contributed by atoms with van der Waals surface area (Å²) in [5.74, 6) is -0.737. The van der Waals surface area contributed by atoms with Crippen molar-refractivity contribution in [3.8, 4) is 0 Å². The predicted octanol–water partition coefficient (Wildman–Crippen LogP) is 1.57. The topological polar surface area (TPSA) is 84.2 Å². The molecule has 0 spiro atoms. The fourth-order valence-corrected chi connectivity index (χ4v) is 1.76. The van der Waals surface area contributed by atoms with Crippen molar-refractivity contribution in [2.45, 2.75) is 26.3 Å². The SMILES string of the molecule is CC(C)(C)NC(=O)CNC(=O)c1c(N)cccc1Cl. The van der Waals surface area contributed by atoms with E-state index in [9.17, 15) is 9.59 Å². The molecule has 0 saturated carbocycles. The number of anilines is 1. The van der Waals surface area contributed by atoms with E-state index in [2.05, 4.69) is 10.6 Å². The zero-order valence-corrected chi connectivity index (χ0v) is 12.0. The van der Waals surface area contributed by atoms with Gasteiger partial charge in [-0.1, -0.05) is 17.7 Å². The number of benzene rings is 1. The fourth-order valence-electron chi connectivity index (χ4n) is 1.49. The number of amides is 2.